The summed E-state index contributed by atoms with van der Waals surface area (Å²) < 4.78 is 5.18. The van der Waals surface area contributed by atoms with Crippen molar-refractivity contribution in [3.8, 4) is 0 Å². The predicted molar refractivity (Wildman–Crippen MR) is 115 cm³/mol. The lowest BCUT2D eigenvalue weighted by Gasteiger charge is -2.19. The molecule has 0 atom stereocenters. The number of hydrogen-bond acceptors (Lipinski definition) is 5. The van der Waals surface area contributed by atoms with Crippen molar-refractivity contribution in [1.82, 2.24) is 10.6 Å². The van der Waals surface area contributed by atoms with Crippen LogP contribution in [0.4, 0.5) is 10.5 Å². The van der Waals surface area contributed by atoms with E-state index in [2.05, 4.69) is 16.0 Å². The van der Waals surface area contributed by atoms with Crippen LogP contribution in [0.1, 0.15) is 47.1 Å². The molecule has 5 N–H and O–H groups in total. The highest BCUT2D eigenvalue weighted by Gasteiger charge is 2.16. The first-order valence-corrected chi connectivity index (χ1v) is 9.57. The molecule has 2 aromatic rings. The lowest BCUT2D eigenvalue weighted by molar-refractivity contribution is -0.117. The number of carbonyl (C=O) groups excluding carboxylic acids is 4. The first kappa shape index (κ1) is 23.4. The van der Waals surface area contributed by atoms with Gasteiger partial charge in [-0.1, -0.05) is 12.1 Å². The molecule has 2 aromatic carbocycles. The summed E-state index contributed by atoms with van der Waals surface area (Å²) in [4.78, 5) is 46.7. The van der Waals surface area contributed by atoms with E-state index in [1.54, 1.807) is 69.3 Å². The third-order valence-corrected chi connectivity index (χ3v) is 3.88. The van der Waals surface area contributed by atoms with Gasteiger partial charge in [0.1, 0.15) is 5.60 Å². The minimum Gasteiger partial charge on any atom is -0.444 e. The van der Waals surface area contributed by atoms with Crippen LogP contribution in [0.5, 0.6) is 0 Å². The largest absolute Gasteiger partial charge is 0.444 e. The highest BCUT2D eigenvalue weighted by atomic mass is 16.6. The van der Waals surface area contributed by atoms with Crippen molar-refractivity contribution in [3.63, 3.8) is 0 Å². The number of benzene rings is 2. The van der Waals surface area contributed by atoms with Gasteiger partial charge in [0, 0.05) is 23.4 Å². The lowest BCUT2D eigenvalue weighted by atomic mass is 10.1. The Kier molecular flexibility index (Phi) is 7.73. The van der Waals surface area contributed by atoms with E-state index in [9.17, 15) is 19.2 Å². The van der Waals surface area contributed by atoms with E-state index in [4.69, 9.17) is 10.5 Å². The van der Waals surface area contributed by atoms with Crippen LogP contribution >= 0.6 is 0 Å². The molecule has 31 heavy (non-hydrogen) atoms. The van der Waals surface area contributed by atoms with Gasteiger partial charge in [-0.3, -0.25) is 19.7 Å². The molecule has 0 saturated heterocycles. The first-order chi connectivity index (χ1) is 14.5. The molecule has 0 saturated carbocycles. The summed E-state index contributed by atoms with van der Waals surface area (Å²) in [6, 6.07) is 13.0. The molecule has 0 unspecified atom stereocenters. The second-order valence-corrected chi connectivity index (χ2v) is 7.73. The van der Waals surface area contributed by atoms with Crippen LogP contribution in [0.25, 0.3) is 0 Å². The number of rotatable bonds is 7. The topological polar surface area (TPSA) is 140 Å². The van der Waals surface area contributed by atoms with Gasteiger partial charge in [-0.2, -0.15) is 0 Å². The summed E-state index contributed by atoms with van der Waals surface area (Å²) >= 11 is 0. The van der Waals surface area contributed by atoms with E-state index in [0.717, 1.165) is 5.56 Å². The maximum Gasteiger partial charge on any atom is 0.412 e. The number of primary amides is 1. The molecular weight excluding hydrogens is 400 g/mol. The third kappa shape index (κ3) is 8.17. The van der Waals surface area contributed by atoms with E-state index in [1.165, 1.54) is 0 Å². The van der Waals surface area contributed by atoms with Crippen molar-refractivity contribution < 1.29 is 23.9 Å². The quantitative estimate of drug-likeness (QED) is 0.537. The molecule has 0 aliphatic heterocycles. The second-order valence-electron chi connectivity index (χ2n) is 7.73. The zero-order valence-electron chi connectivity index (χ0n) is 17.7. The smallest absolute Gasteiger partial charge is 0.412 e. The summed E-state index contributed by atoms with van der Waals surface area (Å²) in [7, 11) is 0. The molecular formula is C22H26N4O5. The Labute approximate surface area is 180 Å². The van der Waals surface area contributed by atoms with Gasteiger partial charge in [0.25, 0.3) is 11.8 Å². The van der Waals surface area contributed by atoms with Crippen LogP contribution in [0.3, 0.4) is 0 Å². The van der Waals surface area contributed by atoms with Gasteiger partial charge >= 0.3 is 6.09 Å². The van der Waals surface area contributed by atoms with Crippen molar-refractivity contribution in [2.24, 2.45) is 5.73 Å². The number of amides is 4. The molecule has 9 nitrogen and oxygen atoms in total. The predicted octanol–water partition coefficient (Wildman–Crippen LogP) is 2.18. The van der Waals surface area contributed by atoms with Crippen LogP contribution < -0.4 is 21.7 Å². The molecule has 0 bridgehead atoms. The lowest BCUT2D eigenvalue weighted by Crippen LogP contribution is -2.33. The highest BCUT2D eigenvalue weighted by molar-refractivity contribution is 5.96. The van der Waals surface area contributed by atoms with Gasteiger partial charge < -0.3 is 21.1 Å². The molecule has 0 aromatic heterocycles. The molecule has 164 valence electrons. The summed E-state index contributed by atoms with van der Waals surface area (Å²) in [5, 5.41) is 7.78. The Morgan fingerprint density at radius 3 is 1.87 bits per heavy atom. The maximum atomic E-state index is 12.3. The average molecular weight is 426 g/mol. The SMILES string of the molecule is CC(C)(C)OC(=O)Nc1ccc(C(=O)NCc2ccc(C(=O)NCC(N)=O)cc2)cc1. The van der Waals surface area contributed by atoms with E-state index < -0.39 is 23.5 Å². The third-order valence-electron chi connectivity index (χ3n) is 3.88. The average Bonchev–Trinajstić information content (AvgIpc) is 2.69. The van der Waals surface area contributed by atoms with Crippen LogP contribution in [0, 0.1) is 0 Å². The van der Waals surface area contributed by atoms with Crippen molar-refractivity contribution >= 4 is 29.5 Å². The van der Waals surface area contributed by atoms with Crippen molar-refractivity contribution in [2.75, 3.05) is 11.9 Å². The minimum absolute atomic E-state index is 0.233. The highest BCUT2D eigenvalue weighted by Crippen LogP contribution is 2.13. The molecule has 0 radical (unpaired) electrons. The first-order valence-electron chi connectivity index (χ1n) is 9.57. The number of anilines is 1. The van der Waals surface area contributed by atoms with E-state index in [1.807, 2.05) is 0 Å². The van der Waals surface area contributed by atoms with E-state index in [-0.39, 0.29) is 19.0 Å². The monoisotopic (exact) mass is 426 g/mol. The maximum absolute atomic E-state index is 12.3. The Morgan fingerprint density at radius 2 is 1.35 bits per heavy atom. The van der Waals surface area contributed by atoms with Gasteiger partial charge in [0.2, 0.25) is 5.91 Å². The molecule has 4 amide bonds. The summed E-state index contributed by atoms with van der Waals surface area (Å²) in [6.07, 6.45) is -0.573. The Hall–Kier alpha value is -3.88. The fourth-order valence-electron chi connectivity index (χ4n) is 2.45. The van der Waals surface area contributed by atoms with Crippen molar-refractivity contribution in [2.45, 2.75) is 32.9 Å². The molecule has 9 heteroatoms. The number of ether oxygens (including phenoxy) is 1. The summed E-state index contributed by atoms with van der Waals surface area (Å²) in [5.74, 6) is -1.32. The molecule has 0 aliphatic rings. The van der Waals surface area contributed by atoms with Gasteiger partial charge in [-0.05, 0) is 62.7 Å². The van der Waals surface area contributed by atoms with Crippen molar-refractivity contribution in [3.05, 3.63) is 65.2 Å². The Bertz CT molecular complexity index is 947. The minimum atomic E-state index is -0.624. The number of nitrogens with one attached hydrogen (secondary N) is 3. The van der Waals surface area contributed by atoms with Crippen LogP contribution in [-0.4, -0.2) is 36.0 Å². The van der Waals surface area contributed by atoms with Gasteiger partial charge in [-0.25, -0.2) is 4.79 Å². The molecule has 0 spiro atoms. The number of hydrogen-bond donors (Lipinski definition) is 4. The summed E-state index contributed by atoms with van der Waals surface area (Å²) in [6.45, 7) is 5.34. The number of nitrogens with two attached hydrogens (primary N) is 1. The van der Waals surface area contributed by atoms with Gasteiger partial charge in [-0.15, -0.1) is 0 Å². The van der Waals surface area contributed by atoms with Crippen LogP contribution in [0.2, 0.25) is 0 Å². The molecule has 0 heterocycles. The Morgan fingerprint density at radius 1 is 0.839 bits per heavy atom. The molecule has 0 aliphatic carbocycles. The molecule has 0 fully saturated rings. The molecule has 2 rings (SSSR count). The normalized spacial score (nSPS) is 10.7. The number of carbonyl (C=O) groups is 4. The zero-order valence-corrected chi connectivity index (χ0v) is 17.7. The zero-order chi connectivity index (χ0) is 23.0. The van der Waals surface area contributed by atoms with Crippen molar-refractivity contribution in [1.29, 1.82) is 0 Å². The van der Waals surface area contributed by atoms with Crippen LogP contribution in [0.15, 0.2) is 48.5 Å². The van der Waals surface area contributed by atoms with Gasteiger partial charge in [0.05, 0.1) is 6.54 Å². The standard InChI is InChI=1S/C22H26N4O5/c1-22(2,3)31-21(30)26-17-10-8-16(9-11-17)19(28)24-12-14-4-6-15(7-5-14)20(29)25-13-18(23)27/h4-11H,12-13H2,1-3H3,(H2,23,27)(H,24,28)(H,25,29)(H,26,30). The Balaban J connectivity index is 1.86. The van der Waals surface area contributed by atoms with E-state index >= 15 is 0 Å². The fraction of sp³-hybridized carbons (Fsp3) is 0.273. The van der Waals surface area contributed by atoms with E-state index in [0.29, 0.717) is 16.8 Å². The summed E-state index contributed by atoms with van der Waals surface area (Å²) in [5.41, 5.74) is 6.50. The second kappa shape index (κ2) is 10.2. The van der Waals surface area contributed by atoms with Crippen LogP contribution in [-0.2, 0) is 16.1 Å². The van der Waals surface area contributed by atoms with Gasteiger partial charge in [0.15, 0.2) is 0 Å². The fourth-order valence-corrected chi connectivity index (χ4v) is 2.45.